The third kappa shape index (κ3) is 4.15. The van der Waals surface area contributed by atoms with E-state index in [4.69, 9.17) is 11.6 Å². The van der Waals surface area contributed by atoms with E-state index in [0.717, 1.165) is 0 Å². The molecule has 2 aromatic carbocycles. The molecule has 168 valence electrons. The van der Waals surface area contributed by atoms with E-state index in [0.29, 0.717) is 27.7 Å². The molecule has 0 bridgehead atoms. The standard InChI is InChI=1S/C22H22ClFN4O3S/c1-15-21(16(2)28(25-15)19-8-6-18(24)7-9-19)22(29)26-10-12-27(13-11-26)32(30,31)20-5-3-4-17(23)14-20/h3-9,14H,10-13H2,1-2H3. The molecule has 1 amide bonds. The number of hydrogen-bond donors (Lipinski definition) is 0. The Hall–Kier alpha value is -2.75. The summed E-state index contributed by atoms with van der Waals surface area (Å²) in [7, 11) is -3.69. The summed E-state index contributed by atoms with van der Waals surface area (Å²) in [6.07, 6.45) is 0. The van der Waals surface area contributed by atoms with Gasteiger partial charge in [0, 0.05) is 31.2 Å². The summed E-state index contributed by atoms with van der Waals surface area (Å²) < 4.78 is 42.0. The minimum atomic E-state index is -3.69. The molecule has 0 saturated carbocycles. The molecule has 10 heteroatoms. The Morgan fingerprint density at radius 2 is 1.69 bits per heavy atom. The predicted octanol–water partition coefficient (Wildman–Crippen LogP) is 3.43. The molecular formula is C22H22ClFN4O3S. The molecule has 1 aromatic heterocycles. The van der Waals surface area contributed by atoms with Gasteiger partial charge in [-0.25, -0.2) is 17.5 Å². The zero-order chi connectivity index (χ0) is 23.0. The number of benzene rings is 2. The number of nitrogens with zero attached hydrogens (tertiary/aromatic N) is 4. The van der Waals surface area contributed by atoms with Crippen molar-refractivity contribution in [3.8, 4) is 5.69 Å². The van der Waals surface area contributed by atoms with Crippen molar-refractivity contribution >= 4 is 27.5 Å². The molecule has 0 atom stereocenters. The number of sulfonamides is 1. The molecule has 0 spiro atoms. The fourth-order valence-electron chi connectivity index (χ4n) is 3.85. The molecule has 3 aromatic rings. The Bertz CT molecular complexity index is 1270. The Balaban J connectivity index is 1.51. The number of amides is 1. The van der Waals surface area contributed by atoms with Gasteiger partial charge in [0.05, 0.1) is 27.5 Å². The summed E-state index contributed by atoms with van der Waals surface area (Å²) in [6, 6.07) is 12.0. The van der Waals surface area contributed by atoms with Gasteiger partial charge in [-0.1, -0.05) is 17.7 Å². The fourth-order valence-corrected chi connectivity index (χ4v) is 5.58. The number of aryl methyl sites for hydroxylation is 1. The molecule has 0 unspecified atom stereocenters. The molecule has 1 aliphatic rings. The van der Waals surface area contributed by atoms with Crippen molar-refractivity contribution in [2.75, 3.05) is 26.2 Å². The molecule has 7 nitrogen and oxygen atoms in total. The van der Waals surface area contributed by atoms with E-state index in [1.807, 2.05) is 0 Å². The van der Waals surface area contributed by atoms with Crippen LogP contribution in [0.5, 0.6) is 0 Å². The first-order chi connectivity index (χ1) is 15.2. The van der Waals surface area contributed by atoms with Crippen molar-refractivity contribution < 1.29 is 17.6 Å². The highest BCUT2D eigenvalue weighted by molar-refractivity contribution is 7.89. The molecule has 0 N–H and O–H groups in total. The van der Waals surface area contributed by atoms with E-state index in [9.17, 15) is 17.6 Å². The van der Waals surface area contributed by atoms with Crippen LogP contribution >= 0.6 is 11.6 Å². The molecule has 0 radical (unpaired) electrons. The largest absolute Gasteiger partial charge is 0.336 e. The summed E-state index contributed by atoms with van der Waals surface area (Å²) in [5.74, 6) is -0.551. The minimum Gasteiger partial charge on any atom is -0.336 e. The summed E-state index contributed by atoms with van der Waals surface area (Å²) in [6.45, 7) is 4.44. The molecule has 4 rings (SSSR count). The van der Waals surface area contributed by atoms with Gasteiger partial charge in [-0.3, -0.25) is 4.79 Å². The number of rotatable bonds is 4. The summed E-state index contributed by atoms with van der Waals surface area (Å²) in [5.41, 5.74) is 2.34. The van der Waals surface area contributed by atoms with Gasteiger partial charge < -0.3 is 4.90 Å². The van der Waals surface area contributed by atoms with E-state index in [1.165, 1.54) is 28.6 Å². The van der Waals surface area contributed by atoms with Crippen LogP contribution in [0, 0.1) is 19.7 Å². The van der Waals surface area contributed by atoms with Gasteiger partial charge in [0.15, 0.2) is 0 Å². The maximum atomic E-state index is 13.3. The van der Waals surface area contributed by atoms with Gasteiger partial charge in [0.25, 0.3) is 5.91 Å². The lowest BCUT2D eigenvalue weighted by molar-refractivity contribution is 0.0696. The molecular weight excluding hydrogens is 455 g/mol. The van der Waals surface area contributed by atoms with Crippen molar-refractivity contribution in [1.82, 2.24) is 19.0 Å². The lowest BCUT2D eigenvalue weighted by Gasteiger charge is -2.34. The second-order valence-corrected chi connectivity index (χ2v) is 9.96. The first-order valence-corrected chi connectivity index (χ1v) is 11.9. The number of hydrogen-bond acceptors (Lipinski definition) is 4. The molecule has 0 aliphatic carbocycles. The quantitative estimate of drug-likeness (QED) is 0.578. The number of piperazine rings is 1. The average Bonchev–Trinajstić information content (AvgIpc) is 3.07. The summed E-state index contributed by atoms with van der Waals surface area (Å²) in [5, 5.41) is 4.81. The smallest absolute Gasteiger partial charge is 0.257 e. The van der Waals surface area contributed by atoms with Crippen LogP contribution in [0.2, 0.25) is 5.02 Å². The van der Waals surface area contributed by atoms with Gasteiger partial charge in [0.2, 0.25) is 10.0 Å². The van der Waals surface area contributed by atoms with Crippen LogP contribution in [0.15, 0.2) is 53.4 Å². The maximum absolute atomic E-state index is 13.3. The summed E-state index contributed by atoms with van der Waals surface area (Å²) >= 11 is 5.94. The first-order valence-electron chi connectivity index (χ1n) is 10.1. The second-order valence-electron chi connectivity index (χ2n) is 7.59. The van der Waals surface area contributed by atoms with Gasteiger partial charge in [-0.2, -0.15) is 9.40 Å². The van der Waals surface area contributed by atoms with Crippen molar-refractivity contribution in [3.63, 3.8) is 0 Å². The van der Waals surface area contributed by atoms with E-state index >= 15 is 0 Å². The van der Waals surface area contributed by atoms with E-state index in [2.05, 4.69) is 5.10 Å². The Kier molecular flexibility index (Phi) is 6.07. The molecule has 32 heavy (non-hydrogen) atoms. The van der Waals surface area contributed by atoms with Crippen LogP contribution in [0.1, 0.15) is 21.7 Å². The lowest BCUT2D eigenvalue weighted by atomic mass is 10.1. The SMILES string of the molecule is Cc1nn(-c2ccc(F)cc2)c(C)c1C(=O)N1CCN(S(=O)(=O)c2cccc(Cl)c2)CC1. The fraction of sp³-hybridized carbons (Fsp3) is 0.273. The number of carbonyl (C=O) groups excluding carboxylic acids is 1. The number of halogens is 2. The maximum Gasteiger partial charge on any atom is 0.257 e. The minimum absolute atomic E-state index is 0.136. The third-order valence-electron chi connectivity index (χ3n) is 5.54. The highest BCUT2D eigenvalue weighted by atomic mass is 35.5. The van der Waals surface area contributed by atoms with E-state index in [-0.39, 0.29) is 42.8 Å². The Labute approximate surface area is 191 Å². The second kappa shape index (κ2) is 8.65. The van der Waals surface area contributed by atoms with E-state index in [1.54, 1.807) is 47.7 Å². The number of carbonyl (C=O) groups is 1. The van der Waals surface area contributed by atoms with Crippen LogP contribution in [-0.4, -0.2) is 59.5 Å². The predicted molar refractivity (Wildman–Crippen MR) is 119 cm³/mol. The molecule has 2 heterocycles. The van der Waals surface area contributed by atoms with Gasteiger partial charge >= 0.3 is 0 Å². The Morgan fingerprint density at radius 3 is 2.31 bits per heavy atom. The lowest BCUT2D eigenvalue weighted by Crippen LogP contribution is -2.50. The molecule has 1 fully saturated rings. The van der Waals surface area contributed by atoms with Crippen LogP contribution in [0.25, 0.3) is 5.69 Å². The first kappa shape index (κ1) is 22.4. The third-order valence-corrected chi connectivity index (χ3v) is 7.67. The van der Waals surface area contributed by atoms with Gasteiger partial charge in [0.1, 0.15) is 5.82 Å². The highest BCUT2D eigenvalue weighted by Gasteiger charge is 2.32. The van der Waals surface area contributed by atoms with Crippen molar-refractivity contribution in [3.05, 3.63) is 76.3 Å². The monoisotopic (exact) mass is 476 g/mol. The zero-order valence-electron chi connectivity index (χ0n) is 17.6. The van der Waals surface area contributed by atoms with Crippen LogP contribution in [0.3, 0.4) is 0 Å². The molecule has 1 saturated heterocycles. The van der Waals surface area contributed by atoms with Crippen molar-refractivity contribution in [2.24, 2.45) is 0 Å². The van der Waals surface area contributed by atoms with Gasteiger partial charge in [-0.15, -0.1) is 0 Å². The Morgan fingerprint density at radius 1 is 1.03 bits per heavy atom. The van der Waals surface area contributed by atoms with Crippen molar-refractivity contribution in [1.29, 1.82) is 0 Å². The zero-order valence-corrected chi connectivity index (χ0v) is 19.2. The van der Waals surface area contributed by atoms with E-state index < -0.39 is 10.0 Å². The van der Waals surface area contributed by atoms with Gasteiger partial charge in [-0.05, 0) is 56.3 Å². The highest BCUT2D eigenvalue weighted by Crippen LogP contribution is 2.23. The number of aromatic nitrogens is 2. The van der Waals surface area contributed by atoms with Crippen molar-refractivity contribution in [2.45, 2.75) is 18.7 Å². The van der Waals surface area contributed by atoms with Crippen LogP contribution < -0.4 is 0 Å². The topological polar surface area (TPSA) is 75.5 Å². The average molecular weight is 477 g/mol. The normalized spacial score (nSPS) is 15.2. The van der Waals surface area contributed by atoms with Crippen LogP contribution in [0.4, 0.5) is 4.39 Å². The van der Waals surface area contributed by atoms with Crippen LogP contribution in [-0.2, 0) is 10.0 Å². The molecule has 1 aliphatic heterocycles. The summed E-state index contributed by atoms with van der Waals surface area (Å²) in [4.78, 5) is 15.0.